The van der Waals surface area contributed by atoms with Gasteiger partial charge in [0, 0.05) is 43.2 Å². The number of aromatic nitrogens is 3. The summed E-state index contributed by atoms with van der Waals surface area (Å²) in [5, 5.41) is 4.55. The first-order valence-electron chi connectivity index (χ1n) is 16.3. The molecule has 2 aromatic heterocycles. The Morgan fingerprint density at radius 3 is 2.59 bits per heavy atom. The summed E-state index contributed by atoms with van der Waals surface area (Å²) in [6.45, 7) is 9.12. The maximum absolute atomic E-state index is 16.0. The highest BCUT2D eigenvalue weighted by Gasteiger charge is 2.59. The zero-order valence-corrected chi connectivity index (χ0v) is 29.2. The Morgan fingerprint density at radius 1 is 1.16 bits per heavy atom. The van der Waals surface area contributed by atoms with Crippen LogP contribution in [0.5, 0.6) is 0 Å². The van der Waals surface area contributed by atoms with Crippen molar-refractivity contribution in [2.75, 3.05) is 43.6 Å². The van der Waals surface area contributed by atoms with Crippen LogP contribution in [0.15, 0.2) is 61.3 Å². The average Bonchev–Trinajstić information content (AvgIpc) is 3.49. The highest BCUT2D eigenvalue weighted by molar-refractivity contribution is 7.27. The molecular weight excluding hydrogens is 667 g/mol. The fraction of sp³-hybridized carbons (Fsp3) is 0.371. The molecule has 0 radical (unpaired) electrons. The van der Waals surface area contributed by atoms with Gasteiger partial charge in [0.2, 0.25) is 17.7 Å². The van der Waals surface area contributed by atoms with E-state index in [0.717, 1.165) is 61.1 Å². The van der Waals surface area contributed by atoms with E-state index in [1.54, 1.807) is 47.9 Å². The van der Waals surface area contributed by atoms with Gasteiger partial charge < -0.3 is 15.0 Å². The number of carbonyl (C=O) groups excluding carboxylic acids is 1. The van der Waals surface area contributed by atoms with Crippen LogP contribution in [-0.4, -0.2) is 63.5 Å². The van der Waals surface area contributed by atoms with Crippen LogP contribution in [0.4, 0.5) is 26.1 Å². The van der Waals surface area contributed by atoms with E-state index >= 15 is 4.39 Å². The lowest BCUT2D eigenvalue weighted by Crippen LogP contribution is -2.55. The second-order valence-corrected chi connectivity index (χ2v) is 14.0. The fourth-order valence-electron chi connectivity index (χ4n) is 6.23. The van der Waals surface area contributed by atoms with Gasteiger partial charge in [0.15, 0.2) is 10.7 Å². The Bertz CT molecular complexity index is 1830. The first-order valence-corrected chi connectivity index (χ1v) is 17.7. The Balaban J connectivity index is 0.000000324. The Labute approximate surface area is 290 Å². The number of amides is 1. The number of morpholine rings is 1. The summed E-state index contributed by atoms with van der Waals surface area (Å²) in [6.07, 6.45) is 8.03. The maximum Gasteiger partial charge on any atom is 0.334 e. The number of para-hydroxylation sites is 1. The van der Waals surface area contributed by atoms with Gasteiger partial charge in [-0.1, -0.05) is 34.4 Å². The standard InChI is InChI=1S/C27H26F2N6OPS.C8H13NO2/c1-2-10-30-26-31-11-9-19(32-26)24-22(33-25(38-24)27-12-15(13-27)14-27)16-5-3-7-18(21(16)29)34-35(36)23-17(28)6-4-8-20(23)37;1-2-3-8(10)9-4-6-11-7-5-9/h3-9,11,15H,2,10,12-14,37H2,1H3,(H,34,36)(H,30,31,32);2H,1,3-7H2/q+1;. The molecule has 1 aliphatic heterocycles. The van der Waals surface area contributed by atoms with Crippen molar-refractivity contribution >= 4 is 49.1 Å². The van der Waals surface area contributed by atoms with Gasteiger partial charge in [-0.25, -0.2) is 19.3 Å². The summed E-state index contributed by atoms with van der Waals surface area (Å²) in [7, 11) is 2.32. The van der Waals surface area contributed by atoms with Crippen LogP contribution in [0.1, 0.15) is 44.0 Å². The predicted molar refractivity (Wildman–Crippen MR) is 191 cm³/mol. The summed E-state index contributed by atoms with van der Waals surface area (Å²) in [5.74, 6) is 0.0685. The molecule has 2 aromatic carbocycles. The van der Waals surface area contributed by atoms with Crippen LogP contribution in [0, 0.1) is 22.5 Å². The lowest BCUT2D eigenvalue weighted by atomic mass is 9.45. The van der Waals surface area contributed by atoms with Crippen LogP contribution < -0.4 is 16.0 Å². The van der Waals surface area contributed by atoms with Crippen LogP contribution in [0.3, 0.4) is 0 Å². The molecule has 1 atom stereocenters. The summed E-state index contributed by atoms with van der Waals surface area (Å²) < 4.78 is 35.4. The van der Waals surface area contributed by atoms with Crippen molar-refractivity contribution in [3.8, 4) is 21.8 Å². The topological polar surface area (TPSA) is 112 Å². The lowest BCUT2D eigenvalue weighted by molar-refractivity contribution is -0.429. The van der Waals surface area contributed by atoms with E-state index in [2.05, 4.69) is 43.5 Å². The average molecular weight is 707 g/mol. The number of hydrazine groups is 1. The largest absolute Gasteiger partial charge is 0.378 e. The predicted octanol–water partition coefficient (Wildman–Crippen LogP) is 6.78. The number of halogens is 2. The molecule has 10 nitrogen and oxygen atoms in total. The van der Waals surface area contributed by atoms with Crippen molar-refractivity contribution in [1.29, 1.82) is 0 Å². The van der Waals surface area contributed by atoms with E-state index in [-0.39, 0.29) is 33.1 Å². The minimum absolute atomic E-state index is 0.0795. The first kappa shape index (κ1) is 34.7. The Kier molecular flexibility index (Phi) is 10.7. The molecule has 3 saturated carbocycles. The molecule has 2 N–H and O–H groups in total. The lowest BCUT2D eigenvalue weighted by Gasteiger charge is -2.60. The number of benzene rings is 2. The van der Waals surface area contributed by atoms with Gasteiger partial charge >= 0.3 is 5.69 Å². The molecule has 8 rings (SSSR count). The van der Waals surface area contributed by atoms with Crippen molar-refractivity contribution in [2.45, 2.75) is 44.4 Å². The van der Waals surface area contributed by atoms with Crippen LogP contribution in [0.25, 0.3) is 21.8 Å². The van der Waals surface area contributed by atoms with E-state index in [0.29, 0.717) is 42.3 Å². The summed E-state index contributed by atoms with van der Waals surface area (Å²) >= 11 is 1.55. The number of hydrogen-bond acceptors (Lipinski definition) is 8. The van der Waals surface area contributed by atoms with Gasteiger partial charge in [-0.2, -0.15) is 4.39 Å². The van der Waals surface area contributed by atoms with Crippen molar-refractivity contribution in [3.63, 3.8) is 0 Å². The molecule has 4 aliphatic rings. The molecular formula is C35H39F2N7O3PS+. The summed E-state index contributed by atoms with van der Waals surface area (Å²) in [5.41, 5.74) is 3.62. The number of ether oxygens (including phenoxy) is 1. The minimum atomic E-state index is -0.710. The SMILES string of the molecule is C=CCC(=O)N1CCOCC1.CCCNc1nccc(-c2sc(C34CC(C3)C4)nc2-c2cccc(N[N+](=O)c3c(F)cccc3P)c2F)n1. The van der Waals surface area contributed by atoms with Gasteiger partial charge in [0.1, 0.15) is 10.7 Å². The second kappa shape index (κ2) is 15.1. The van der Waals surface area contributed by atoms with Gasteiger partial charge in [0.25, 0.3) is 0 Å². The number of rotatable bonds is 11. The van der Waals surface area contributed by atoms with Crippen LogP contribution in [0.2, 0.25) is 0 Å². The summed E-state index contributed by atoms with van der Waals surface area (Å²) in [6, 6.07) is 10.8. The highest BCUT2D eigenvalue weighted by atomic mass is 32.1. The molecule has 256 valence electrons. The van der Waals surface area contributed by atoms with Crippen LogP contribution >= 0.6 is 20.6 Å². The van der Waals surface area contributed by atoms with Crippen LogP contribution in [-0.2, 0) is 14.9 Å². The van der Waals surface area contributed by atoms with Gasteiger partial charge in [-0.05, 0) is 61.9 Å². The number of hydrogen-bond donors (Lipinski definition) is 2. The number of carbonyl (C=O) groups is 1. The third-order valence-electron chi connectivity index (χ3n) is 8.92. The minimum Gasteiger partial charge on any atom is -0.378 e. The fourth-order valence-corrected chi connectivity index (χ4v) is 7.86. The summed E-state index contributed by atoms with van der Waals surface area (Å²) in [4.78, 5) is 40.8. The molecule has 49 heavy (non-hydrogen) atoms. The number of nitrogens with one attached hydrogen (secondary N) is 2. The normalized spacial score (nSPS) is 19.1. The van der Waals surface area contributed by atoms with E-state index in [4.69, 9.17) is 9.72 Å². The van der Waals surface area contributed by atoms with Gasteiger partial charge in [-0.15, -0.1) is 23.3 Å². The third kappa shape index (κ3) is 7.39. The number of nitrogens with zero attached hydrogens (tertiary/aromatic N) is 5. The van der Waals surface area contributed by atoms with E-state index in [1.807, 2.05) is 4.90 Å². The monoisotopic (exact) mass is 706 g/mol. The molecule has 3 aliphatic carbocycles. The number of anilines is 2. The van der Waals surface area contributed by atoms with Crippen molar-refractivity contribution in [1.82, 2.24) is 19.9 Å². The Hall–Kier alpha value is -4.19. The number of nitroso groups, excluding NO2 is 1. The number of thiazole rings is 1. The molecule has 1 saturated heterocycles. The van der Waals surface area contributed by atoms with E-state index < -0.39 is 11.6 Å². The van der Waals surface area contributed by atoms with Gasteiger partial charge in [-0.3, -0.25) is 4.79 Å². The molecule has 1 unspecified atom stereocenters. The molecule has 0 spiro atoms. The van der Waals surface area contributed by atoms with Crippen molar-refractivity contribution in [3.05, 3.63) is 82.9 Å². The smallest absolute Gasteiger partial charge is 0.334 e. The van der Waals surface area contributed by atoms with Gasteiger partial charge in [0.05, 0.1) is 39.7 Å². The zero-order chi connectivity index (χ0) is 34.5. The van der Waals surface area contributed by atoms with E-state index in [1.165, 1.54) is 18.2 Å². The third-order valence-corrected chi connectivity index (χ3v) is 10.7. The second-order valence-electron chi connectivity index (χ2n) is 12.4. The highest BCUT2D eigenvalue weighted by Crippen LogP contribution is 2.66. The Morgan fingerprint density at radius 2 is 1.92 bits per heavy atom. The molecule has 3 heterocycles. The molecule has 4 fully saturated rings. The van der Waals surface area contributed by atoms with Crippen molar-refractivity contribution in [2.24, 2.45) is 5.92 Å². The molecule has 14 heteroatoms. The van der Waals surface area contributed by atoms with Crippen molar-refractivity contribution < 1.29 is 23.2 Å². The molecule has 1 amide bonds. The first-order chi connectivity index (χ1) is 23.7. The molecule has 4 aromatic rings. The van der Waals surface area contributed by atoms with E-state index in [9.17, 15) is 14.1 Å². The maximum atomic E-state index is 16.0. The molecule has 2 bridgehead atoms. The quantitative estimate of drug-likeness (QED) is 0.0761. The zero-order valence-electron chi connectivity index (χ0n) is 27.3.